The van der Waals surface area contributed by atoms with E-state index in [4.69, 9.17) is 4.98 Å². The van der Waals surface area contributed by atoms with Gasteiger partial charge in [-0.25, -0.2) is 15.0 Å². The van der Waals surface area contributed by atoms with Gasteiger partial charge in [0.25, 0.3) is 5.91 Å². The average molecular weight is 362 g/mol. The third-order valence-corrected chi connectivity index (χ3v) is 5.51. The van der Waals surface area contributed by atoms with Crippen molar-refractivity contribution in [2.75, 3.05) is 19.6 Å². The first kappa shape index (κ1) is 16.4. The second-order valence-electron chi connectivity index (χ2n) is 7.42. The van der Waals surface area contributed by atoms with Crippen LogP contribution in [-0.4, -0.2) is 50.4 Å². The molecule has 138 valence electrons. The lowest BCUT2D eigenvalue weighted by atomic mass is 10.0. The number of hydrogen-bond donors (Lipinski definition) is 2. The fraction of sp³-hybridized carbons (Fsp3) is 0.400. The number of carbonyl (C=O) groups is 1. The van der Waals surface area contributed by atoms with Crippen LogP contribution in [0.5, 0.6) is 0 Å². The van der Waals surface area contributed by atoms with Crippen LogP contribution in [0.1, 0.15) is 45.6 Å². The highest BCUT2D eigenvalue weighted by Crippen LogP contribution is 2.24. The minimum Gasteiger partial charge on any atom is -0.342 e. The summed E-state index contributed by atoms with van der Waals surface area (Å²) >= 11 is 0. The Kier molecular flexibility index (Phi) is 3.89. The highest BCUT2D eigenvalue weighted by atomic mass is 16.2. The summed E-state index contributed by atoms with van der Waals surface area (Å²) in [5.74, 6) is 2.25. The summed E-state index contributed by atoms with van der Waals surface area (Å²) < 4.78 is 0. The topological polar surface area (TPSA) is 86.8 Å². The van der Waals surface area contributed by atoms with Gasteiger partial charge in [0.15, 0.2) is 0 Å². The van der Waals surface area contributed by atoms with Gasteiger partial charge in [-0.3, -0.25) is 4.79 Å². The molecule has 0 bridgehead atoms. The summed E-state index contributed by atoms with van der Waals surface area (Å²) in [6, 6.07) is 5.64. The van der Waals surface area contributed by atoms with Crippen molar-refractivity contribution in [3.8, 4) is 0 Å². The molecule has 0 unspecified atom stereocenters. The van der Waals surface area contributed by atoms with Gasteiger partial charge in [-0.1, -0.05) is 0 Å². The van der Waals surface area contributed by atoms with Gasteiger partial charge < -0.3 is 15.2 Å². The van der Waals surface area contributed by atoms with Crippen molar-refractivity contribution < 1.29 is 4.79 Å². The monoisotopic (exact) mass is 362 g/mol. The van der Waals surface area contributed by atoms with Crippen molar-refractivity contribution in [2.45, 2.75) is 32.2 Å². The number of amides is 1. The number of nitrogens with one attached hydrogen (secondary N) is 2. The molecule has 1 aromatic carbocycles. The molecule has 0 aliphatic carbocycles. The summed E-state index contributed by atoms with van der Waals surface area (Å²) in [5, 5.41) is 3.37. The minimum absolute atomic E-state index is 0.0406. The van der Waals surface area contributed by atoms with Gasteiger partial charge in [0.1, 0.15) is 11.6 Å². The molecule has 1 fully saturated rings. The van der Waals surface area contributed by atoms with Crippen molar-refractivity contribution in [3.63, 3.8) is 0 Å². The lowest BCUT2D eigenvalue weighted by molar-refractivity contribution is 0.0733. The molecular weight excluding hydrogens is 340 g/mol. The number of fused-ring (bicyclic) bond motifs is 2. The maximum atomic E-state index is 13.0. The number of nitrogens with zero attached hydrogens (tertiary/aromatic N) is 4. The Bertz CT molecular complexity index is 1020. The molecule has 0 radical (unpaired) electrons. The van der Waals surface area contributed by atoms with Crippen LogP contribution in [0.15, 0.2) is 24.4 Å². The number of H-pyrrole nitrogens is 1. The third-order valence-electron chi connectivity index (χ3n) is 5.51. The largest absolute Gasteiger partial charge is 0.342 e. The van der Waals surface area contributed by atoms with Gasteiger partial charge in [-0.2, -0.15) is 0 Å². The van der Waals surface area contributed by atoms with Crippen LogP contribution in [0.4, 0.5) is 0 Å². The SMILES string of the molecule is Cc1nc2ccc(C(=O)N3CCc4nc([C@@H]5CCNC5)ncc4C3)cc2[nH]1. The molecule has 27 heavy (non-hydrogen) atoms. The maximum absolute atomic E-state index is 13.0. The van der Waals surface area contributed by atoms with Gasteiger partial charge in [-0.05, 0) is 38.1 Å². The zero-order valence-corrected chi connectivity index (χ0v) is 15.3. The van der Waals surface area contributed by atoms with E-state index in [2.05, 4.69) is 20.3 Å². The third kappa shape index (κ3) is 2.98. The molecule has 1 atom stereocenters. The number of carbonyl (C=O) groups excluding carboxylic acids is 1. The zero-order valence-electron chi connectivity index (χ0n) is 15.3. The Morgan fingerprint density at radius 3 is 3.07 bits per heavy atom. The van der Waals surface area contributed by atoms with E-state index >= 15 is 0 Å². The summed E-state index contributed by atoms with van der Waals surface area (Å²) in [5.41, 5.74) is 4.62. The van der Waals surface area contributed by atoms with E-state index in [9.17, 15) is 4.79 Å². The van der Waals surface area contributed by atoms with Crippen molar-refractivity contribution in [2.24, 2.45) is 0 Å². The van der Waals surface area contributed by atoms with E-state index in [0.29, 0.717) is 24.6 Å². The maximum Gasteiger partial charge on any atom is 0.254 e. The predicted molar refractivity (Wildman–Crippen MR) is 102 cm³/mol. The molecule has 7 nitrogen and oxygen atoms in total. The van der Waals surface area contributed by atoms with Crippen LogP contribution in [0.3, 0.4) is 0 Å². The number of aromatic amines is 1. The molecule has 5 rings (SSSR count). The molecule has 1 amide bonds. The number of hydrogen-bond acceptors (Lipinski definition) is 5. The number of imidazole rings is 1. The highest BCUT2D eigenvalue weighted by molar-refractivity contribution is 5.97. The minimum atomic E-state index is 0.0406. The van der Waals surface area contributed by atoms with Crippen LogP contribution in [0.2, 0.25) is 0 Å². The summed E-state index contributed by atoms with van der Waals surface area (Å²) in [7, 11) is 0. The molecule has 1 saturated heterocycles. The molecule has 0 spiro atoms. The predicted octanol–water partition coefficient (Wildman–Crippen LogP) is 1.94. The Hall–Kier alpha value is -2.80. The molecule has 3 aromatic rings. The first-order chi connectivity index (χ1) is 13.2. The number of aromatic nitrogens is 4. The van der Waals surface area contributed by atoms with Crippen LogP contribution in [-0.2, 0) is 13.0 Å². The van der Waals surface area contributed by atoms with Crippen molar-refractivity contribution in [1.29, 1.82) is 0 Å². The fourth-order valence-corrected chi connectivity index (χ4v) is 4.03. The second-order valence-corrected chi connectivity index (χ2v) is 7.42. The molecule has 2 aromatic heterocycles. The molecule has 7 heteroatoms. The summed E-state index contributed by atoms with van der Waals surface area (Å²) in [4.78, 5) is 31.8. The van der Waals surface area contributed by atoms with E-state index < -0.39 is 0 Å². The molecular formula is C20H22N6O. The standard InChI is InChI=1S/C20H22N6O/c1-12-23-17-3-2-13(8-18(17)24-12)20(27)26-7-5-16-15(11-26)10-22-19(25-16)14-4-6-21-9-14/h2-3,8,10,14,21H,4-7,9,11H2,1H3,(H,23,24)/t14-/m1/s1. The lowest BCUT2D eigenvalue weighted by Crippen LogP contribution is -2.36. The van der Waals surface area contributed by atoms with Crippen LogP contribution < -0.4 is 5.32 Å². The Balaban J connectivity index is 1.36. The lowest BCUT2D eigenvalue weighted by Gasteiger charge is -2.28. The van der Waals surface area contributed by atoms with Gasteiger partial charge >= 0.3 is 0 Å². The van der Waals surface area contributed by atoms with Gasteiger partial charge in [-0.15, -0.1) is 0 Å². The quantitative estimate of drug-likeness (QED) is 0.727. The van der Waals surface area contributed by atoms with Crippen LogP contribution in [0.25, 0.3) is 11.0 Å². The summed E-state index contributed by atoms with van der Waals surface area (Å²) in [6.45, 7) is 5.16. The van der Waals surface area contributed by atoms with Crippen molar-refractivity contribution in [3.05, 3.63) is 52.9 Å². The normalized spacial score (nSPS) is 19.4. The van der Waals surface area contributed by atoms with Gasteiger partial charge in [0.05, 0.1) is 16.7 Å². The first-order valence-electron chi connectivity index (χ1n) is 9.48. The van der Waals surface area contributed by atoms with Crippen LogP contribution >= 0.6 is 0 Å². The number of rotatable bonds is 2. The van der Waals surface area contributed by atoms with Gasteiger partial charge in [0.2, 0.25) is 0 Å². The Labute approximate surface area is 157 Å². The molecule has 2 aliphatic rings. The highest BCUT2D eigenvalue weighted by Gasteiger charge is 2.26. The second kappa shape index (κ2) is 6.42. The average Bonchev–Trinajstić information content (AvgIpc) is 3.34. The van der Waals surface area contributed by atoms with E-state index in [1.165, 1.54) is 0 Å². The van der Waals surface area contributed by atoms with Gasteiger partial charge in [0, 0.05) is 49.3 Å². The summed E-state index contributed by atoms with van der Waals surface area (Å²) in [6.07, 6.45) is 3.79. The Morgan fingerprint density at radius 1 is 1.30 bits per heavy atom. The number of benzene rings is 1. The van der Waals surface area contributed by atoms with Crippen molar-refractivity contribution >= 4 is 16.9 Å². The zero-order chi connectivity index (χ0) is 18.4. The number of aryl methyl sites for hydroxylation is 1. The van der Waals surface area contributed by atoms with E-state index in [0.717, 1.165) is 59.9 Å². The van der Waals surface area contributed by atoms with Crippen molar-refractivity contribution in [1.82, 2.24) is 30.2 Å². The smallest absolute Gasteiger partial charge is 0.254 e. The fourth-order valence-electron chi connectivity index (χ4n) is 4.03. The van der Waals surface area contributed by atoms with Crippen LogP contribution in [0, 0.1) is 6.92 Å². The molecule has 0 saturated carbocycles. The molecule has 2 N–H and O–H groups in total. The molecule has 2 aliphatic heterocycles. The van der Waals surface area contributed by atoms with E-state index in [-0.39, 0.29) is 5.91 Å². The Morgan fingerprint density at radius 2 is 2.22 bits per heavy atom. The van der Waals surface area contributed by atoms with E-state index in [1.807, 2.05) is 36.2 Å². The van der Waals surface area contributed by atoms with E-state index in [1.54, 1.807) is 0 Å². The first-order valence-corrected chi connectivity index (χ1v) is 9.48. The molecule has 4 heterocycles.